The van der Waals surface area contributed by atoms with Gasteiger partial charge < -0.3 is 66.0 Å². The largest absolute Gasteiger partial charge is 0.508 e. The number of hydrogen-bond donors (Lipinski definition) is 8. The second-order valence-electron chi connectivity index (χ2n) is 20.0. The summed E-state index contributed by atoms with van der Waals surface area (Å²) >= 11 is 6.63. The summed E-state index contributed by atoms with van der Waals surface area (Å²) in [5.41, 5.74) is 6.99. The molecule has 5 aromatic rings. The number of amides is 8. The van der Waals surface area contributed by atoms with Gasteiger partial charge in [-0.3, -0.25) is 39.5 Å². The highest BCUT2D eigenvalue weighted by molar-refractivity contribution is 6.19. The van der Waals surface area contributed by atoms with Crippen LogP contribution in [0.25, 0.3) is 10.8 Å². The van der Waals surface area contributed by atoms with Crippen molar-refractivity contribution < 1.29 is 57.7 Å². The first kappa shape index (κ1) is 61.6. The fraction of sp³-hybridized carbons (Fsp3) is 0.322. The molecule has 23 nitrogen and oxygen atoms in total. The lowest BCUT2D eigenvalue weighted by molar-refractivity contribution is -0.137. The number of phenolic OH excluding ortho intramolecular Hbond substituents is 1. The van der Waals surface area contributed by atoms with Gasteiger partial charge in [0.15, 0.2) is 0 Å². The predicted molar refractivity (Wildman–Crippen MR) is 313 cm³/mol. The summed E-state index contributed by atoms with van der Waals surface area (Å²) in [4.78, 5) is 110. The summed E-state index contributed by atoms with van der Waals surface area (Å²) < 4.78 is 17.6. The highest BCUT2D eigenvalue weighted by atomic mass is 35.5. The highest BCUT2D eigenvalue weighted by Gasteiger charge is 2.37. The lowest BCUT2D eigenvalue weighted by atomic mass is 9.92. The van der Waals surface area contributed by atoms with Gasteiger partial charge in [0.25, 0.3) is 23.6 Å². The van der Waals surface area contributed by atoms with E-state index in [9.17, 15) is 43.5 Å². The maximum Gasteiger partial charge on any atom is 0.415 e. The average molecular weight is 1160 g/mol. The number of benzene rings is 5. The number of rotatable bonds is 25. The molecule has 2 aliphatic heterocycles. The minimum absolute atomic E-state index is 0.0144. The molecule has 7 rings (SSSR count). The standard InChI is InChI=1S/C59H68ClN11O12/c1-35(2)53(62-5)56(77)64-37(4)54(75)65-42-14-10-38(11-15-42)34-82-58(79)68(6)24-25-69(26-28-81-29-27-70-49(73)22-23-50(70)74)59(80)83-48-30-47-52(51-36(3)8-7-9-45(48)51)40(31-60)33-71(47)57(78)46(67-61)32-63-41-16-18-43(19-17-41)66-55(76)39-12-20-44(72)21-13-39/h7-23,30,32,35,37,40,53,62-63,67,72H,24-29,31,33-34,61H2,1-6H3,(H,64,77)(H,65,75)(H,66,76)/b46-32-/t37-,40+,53-/m0/s1. The molecule has 0 spiro atoms. The SMILES string of the molecule is CN[C@H](C(=O)N[C@@H](C)C(=O)Nc1ccc(COC(=O)N(C)CCN(CCOCCN2C(=O)C=CC2=O)C(=O)Oc2cc3c(c4c(C)cccc24)[C@H](CCl)CN3C(=O)/C(=C/Nc2ccc(NC(=O)c3ccc(O)cc3)cc2)NN)cc1)C(C)C. The molecule has 83 heavy (non-hydrogen) atoms. The number of anilines is 4. The summed E-state index contributed by atoms with van der Waals surface area (Å²) in [5.74, 6) is 3.42. The smallest absolute Gasteiger partial charge is 0.415 e. The lowest BCUT2D eigenvalue weighted by Crippen LogP contribution is -2.51. The number of carbonyl (C=O) groups is 8. The minimum Gasteiger partial charge on any atom is -0.508 e. The molecule has 0 saturated heterocycles. The summed E-state index contributed by atoms with van der Waals surface area (Å²) in [6.45, 7) is 7.10. The fourth-order valence-corrected chi connectivity index (χ4v) is 9.50. The highest BCUT2D eigenvalue weighted by Crippen LogP contribution is 2.47. The minimum atomic E-state index is -0.821. The van der Waals surface area contributed by atoms with E-state index in [1.165, 1.54) is 64.4 Å². The molecule has 2 heterocycles. The molecule has 5 aromatic carbocycles. The predicted octanol–water partition coefficient (Wildman–Crippen LogP) is 5.89. The molecule has 0 unspecified atom stereocenters. The van der Waals surface area contributed by atoms with E-state index in [1.807, 2.05) is 32.9 Å². The Hall–Kier alpha value is -9.03. The molecule has 0 fully saturated rings. The normalized spacial score (nSPS) is 14.5. The van der Waals surface area contributed by atoms with Crippen LogP contribution in [0.5, 0.6) is 11.5 Å². The summed E-state index contributed by atoms with van der Waals surface area (Å²) in [6.07, 6.45) is 2.22. The van der Waals surface area contributed by atoms with Gasteiger partial charge in [0.2, 0.25) is 11.8 Å². The zero-order chi connectivity index (χ0) is 59.9. The Balaban J connectivity index is 1.03. The monoisotopic (exact) mass is 1160 g/mol. The molecule has 24 heteroatoms. The van der Waals surface area contributed by atoms with Crippen molar-refractivity contribution in [2.45, 2.75) is 52.3 Å². The van der Waals surface area contributed by atoms with Crippen LogP contribution in [-0.4, -0.2) is 145 Å². The van der Waals surface area contributed by atoms with Gasteiger partial charge in [0.05, 0.1) is 31.5 Å². The van der Waals surface area contributed by atoms with Gasteiger partial charge in [-0.25, -0.2) is 9.59 Å². The number of ether oxygens (including phenoxy) is 3. The van der Waals surface area contributed by atoms with Crippen LogP contribution >= 0.6 is 11.6 Å². The Morgan fingerprint density at radius 1 is 0.831 bits per heavy atom. The summed E-state index contributed by atoms with van der Waals surface area (Å²) in [7, 11) is 3.18. The van der Waals surface area contributed by atoms with Crippen molar-refractivity contribution in [3.8, 4) is 11.5 Å². The van der Waals surface area contributed by atoms with E-state index >= 15 is 0 Å². The Kier molecular flexibility index (Phi) is 21.2. The molecular formula is C59H68ClN11O12. The number of carbonyl (C=O) groups excluding carboxylic acids is 8. The summed E-state index contributed by atoms with van der Waals surface area (Å²) in [5, 5.41) is 25.2. The van der Waals surface area contributed by atoms with Gasteiger partial charge in [-0.1, -0.05) is 44.2 Å². The number of fused-ring (bicyclic) bond motifs is 3. The average Bonchev–Trinajstić information content (AvgIpc) is 3.47. The molecule has 2 aliphatic rings. The number of hydrazine groups is 1. The third kappa shape index (κ3) is 15.7. The van der Waals surface area contributed by atoms with Crippen LogP contribution in [-0.2, 0) is 40.1 Å². The van der Waals surface area contributed by atoms with Gasteiger partial charge in [-0.15, -0.1) is 11.6 Å². The van der Waals surface area contributed by atoms with Crippen molar-refractivity contribution in [1.82, 2.24) is 30.8 Å². The Morgan fingerprint density at radius 2 is 1.49 bits per heavy atom. The number of phenols is 1. The van der Waals surface area contributed by atoms with Gasteiger partial charge in [-0.05, 0) is 110 Å². The van der Waals surface area contributed by atoms with Gasteiger partial charge in [0, 0.05) is 97.5 Å². The maximum atomic E-state index is 14.5. The van der Waals surface area contributed by atoms with E-state index in [4.69, 9.17) is 31.7 Å². The molecule has 0 bridgehead atoms. The van der Waals surface area contributed by atoms with Crippen molar-refractivity contribution in [3.05, 3.63) is 143 Å². The Labute approximate surface area is 485 Å². The number of nitrogens with zero attached hydrogens (tertiary/aromatic N) is 4. The van der Waals surface area contributed by atoms with Crippen LogP contribution in [0.2, 0.25) is 0 Å². The number of hydrogen-bond acceptors (Lipinski definition) is 16. The van der Waals surface area contributed by atoms with Crippen LogP contribution in [0.4, 0.5) is 32.3 Å². The number of alkyl halides is 1. The number of aryl methyl sites for hydroxylation is 1. The van der Waals surface area contributed by atoms with Crippen molar-refractivity contribution in [3.63, 3.8) is 0 Å². The number of aromatic hydroxyl groups is 1. The number of halogens is 1. The quantitative estimate of drug-likeness (QED) is 0.00844. The van der Waals surface area contributed by atoms with Gasteiger partial charge >= 0.3 is 12.2 Å². The zero-order valence-electron chi connectivity index (χ0n) is 46.8. The van der Waals surface area contributed by atoms with E-state index in [-0.39, 0.29) is 99.3 Å². The van der Waals surface area contributed by atoms with E-state index < -0.39 is 47.9 Å². The number of imide groups is 1. The molecule has 9 N–H and O–H groups in total. The van der Waals surface area contributed by atoms with Crippen LogP contribution in [0, 0.1) is 12.8 Å². The van der Waals surface area contributed by atoms with Crippen LogP contribution in [0.1, 0.15) is 53.7 Å². The topological polar surface area (TPSA) is 296 Å². The van der Waals surface area contributed by atoms with E-state index in [2.05, 4.69) is 32.0 Å². The zero-order valence-corrected chi connectivity index (χ0v) is 47.6. The third-order valence-corrected chi connectivity index (χ3v) is 14.2. The maximum absolute atomic E-state index is 14.5. The first-order valence-corrected chi connectivity index (χ1v) is 27.2. The first-order valence-electron chi connectivity index (χ1n) is 26.7. The van der Waals surface area contributed by atoms with E-state index in [0.717, 1.165) is 21.4 Å². The summed E-state index contributed by atoms with van der Waals surface area (Å²) in [6, 6.07) is 25.1. The fourth-order valence-electron chi connectivity index (χ4n) is 9.24. The number of likely N-dealkylation sites (N-methyl/N-ethyl adjacent to an activating group) is 2. The molecule has 438 valence electrons. The van der Waals surface area contributed by atoms with Crippen molar-refractivity contribution in [1.29, 1.82) is 0 Å². The lowest BCUT2D eigenvalue weighted by Gasteiger charge is -2.26. The number of nitrogens with two attached hydrogens (primary N) is 1. The number of nitrogens with one attached hydrogen (secondary N) is 6. The van der Waals surface area contributed by atoms with Crippen LogP contribution in [0.15, 0.2) is 121 Å². The Bertz CT molecular complexity index is 3250. The molecule has 0 saturated carbocycles. The second kappa shape index (κ2) is 28.6. The molecule has 8 amide bonds. The molecule has 0 aliphatic carbocycles. The van der Waals surface area contributed by atoms with E-state index in [0.29, 0.717) is 39.3 Å². The van der Waals surface area contributed by atoms with Crippen molar-refractivity contribution >= 4 is 92.8 Å². The van der Waals surface area contributed by atoms with Crippen molar-refractivity contribution in [2.24, 2.45) is 11.8 Å². The van der Waals surface area contributed by atoms with E-state index in [1.54, 1.807) is 74.6 Å². The van der Waals surface area contributed by atoms with Gasteiger partial charge in [0.1, 0.15) is 29.8 Å². The Morgan fingerprint density at radius 3 is 2.14 bits per heavy atom. The van der Waals surface area contributed by atoms with Crippen LogP contribution in [0.3, 0.4) is 0 Å². The van der Waals surface area contributed by atoms with Crippen LogP contribution < -0.4 is 47.5 Å². The molecule has 3 atom stereocenters. The first-order chi connectivity index (χ1) is 39.8. The van der Waals surface area contributed by atoms with Gasteiger partial charge in [-0.2, -0.15) is 0 Å². The third-order valence-electron chi connectivity index (χ3n) is 13.9. The molecular weight excluding hydrogens is 1090 g/mol. The molecule has 0 aromatic heterocycles. The second-order valence-corrected chi connectivity index (χ2v) is 20.3. The van der Waals surface area contributed by atoms with Crippen molar-refractivity contribution in [2.75, 3.05) is 86.8 Å². The molecule has 0 radical (unpaired) electrons.